The molecule has 15 heavy (non-hydrogen) atoms. The highest BCUT2D eigenvalue weighted by Crippen LogP contribution is 2.21. The number of alkyl halides is 1. The molecule has 7 heteroatoms. The largest absolute Gasteiger partial charge is 0.293 e. The van der Waals surface area contributed by atoms with Gasteiger partial charge in [-0.15, -0.1) is 0 Å². The number of hydrogen-bond donors (Lipinski definition) is 0. The summed E-state index contributed by atoms with van der Waals surface area (Å²) in [6, 6.07) is 1.03. The molecule has 0 aliphatic heterocycles. The molecular formula is C8H4BrF2NO3. The van der Waals surface area contributed by atoms with Crippen molar-refractivity contribution in [3.8, 4) is 0 Å². The molecule has 0 aromatic heterocycles. The van der Waals surface area contributed by atoms with Crippen molar-refractivity contribution in [3.05, 3.63) is 39.4 Å². The van der Waals surface area contributed by atoms with E-state index in [4.69, 9.17) is 0 Å². The normalized spacial score (nSPS) is 10.1. The maximum atomic E-state index is 13.1. The Morgan fingerprint density at radius 2 is 1.87 bits per heavy atom. The number of benzene rings is 1. The van der Waals surface area contributed by atoms with Gasteiger partial charge in [-0.05, 0) is 0 Å². The van der Waals surface area contributed by atoms with E-state index >= 15 is 0 Å². The van der Waals surface area contributed by atoms with Crippen molar-refractivity contribution >= 4 is 27.4 Å². The Kier molecular flexibility index (Phi) is 3.46. The third kappa shape index (κ3) is 2.35. The van der Waals surface area contributed by atoms with Gasteiger partial charge in [-0.25, -0.2) is 8.78 Å². The third-order valence-electron chi connectivity index (χ3n) is 1.64. The Morgan fingerprint density at radius 1 is 1.40 bits per heavy atom. The molecule has 0 heterocycles. The fourth-order valence-corrected chi connectivity index (χ4v) is 1.28. The summed E-state index contributed by atoms with van der Waals surface area (Å²) in [5.41, 5.74) is -1.49. The minimum absolute atomic E-state index is 0.251. The zero-order valence-corrected chi connectivity index (χ0v) is 8.75. The summed E-state index contributed by atoms with van der Waals surface area (Å²) in [7, 11) is 0. The van der Waals surface area contributed by atoms with Crippen LogP contribution in [0.4, 0.5) is 14.5 Å². The lowest BCUT2D eigenvalue weighted by atomic mass is 10.1. The van der Waals surface area contributed by atoms with Gasteiger partial charge in [0.25, 0.3) is 5.69 Å². The van der Waals surface area contributed by atoms with Gasteiger partial charge in [-0.1, -0.05) is 15.9 Å². The first-order valence-electron chi connectivity index (χ1n) is 3.70. The van der Waals surface area contributed by atoms with Crippen LogP contribution in [0.1, 0.15) is 10.4 Å². The number of halogens is 3. The molecule has 0 atom stereocenters. The van der Waals surface area contributed by atoms with Crippen molar-refractivity contribution < 1.29 is 18.5 Å². The number of nitro groups is 1. The zero-order valence-electron chi connectivity index (χ0n) is 7.17. The molecule has 0 spiro atoms. The van der Waals surface area contributed by atoms with E-state index in [2.05, 4.69) is 15.9 Å². The van der Waals surface area contributed by atoms with Gasteiger partial charge in [0.1, 0.15) is 11.6 Å². The van der Waals surface area contributed by atoms with Crippen molar-refractivity contribution in [1.29, 1.82) is 0 Å². The van der Waals surface area contributed by atoms with E-state index in [1.807, 2.05) is 0 Å². The molecule has 0 amide bonds. The molecule has 1 aromatic carbocycles. The highest BCUT2D eigenvalue weighted by Gasteiger charge is 2.21. The van der Waals surface area contributed by atoms with Gasteiger partial charge in [-0.2, -0.15) is 0 Å². The van der Waals surface area contributed by atoms with Crippen LogP contribution in [0.2, 0.25) is 0 Å². The standard InChI is InChI=1S/C8H4BrF2NO3/c9-3-7(13)8-5(10)1-4(12(14)15)2-6(8)11/h1-2H,3H2. The van der Waals surface area contributed by atoms with Crippen LogP contribution in [0, 0.1) is 21.7 Å². The maximum absolute atomic E-state index is 13.1. The van der Waals surface area contributed by atoms with Gasteiger partial charge in [0, 0.05) is 0 Å². The summed E-state index contributed by atoms with van der Waals surface area (Å²) >= 11 is 2.75. The predicted octanol–water partition coefficient (Wildman–Crippen LogP) is 2.45. The summed E-state index contributed by atoms with van der Waals surface area (Å²) < 4.78 is 26.2. The van der Waals surface area contributed by atoms with Crippen LogP contribution < -0.4 is 0 Å². The number of nitrogens with zero attached hydrogens (tertiary/aromatic N) is 1. The first-order chi connectivity index (χ1) is 6.97. The Hall–Kier alpha value is -1.37. The summed E-state index contributed by atoms with van der Waals surface area (Å²) in [6.07, 6.45) is 0. The van der Waals surface area contributed by atoms with Crippen molar-refractivity contribution in [3.63, 3.8) is 0 Å². The maximum Gasteiger partial charge on any atom is 0.275 e. The third-order valence-corrected chi connectivity index (χ3v) is 2.15. The summed E-state index contributed by atoms with van der Waals surface area (Å²) in [5, 5.41) is 9.98. The van der Waals surface area contributed by atoms with Crippen LogP contribution >= 0.6 is 15.9 Å². The van der Waals surface area contributed by atoms with Gasteiger partial charge in [0.2, 0.25) is 0 Å². The fraction of sp³-hybridized carbons (Fsp3) is 0.125. The number of ketones is 1. The molecular weight excluding hydrogens is 276 g/mol. The number of non-ortho nitro benzene ring substituents is 1. The van der Waals surface area contributed by atoms with Crippen LogP contribution in [0.5, 0.6) is 0 Å². The summed E-state index contributed by atoms with van der Waals surface area (Å²) in [6.45, 7) is 0. The smallest absolute Gasteiger partial charge is 0.275 e. The van der Waals surface area contributed by atoms with Gasteiger partial charge < -0.3 is 0 Å². The van der Waals surface area contributed by atoms with E-state index in [-0.39, 0.29) is 5.33 Å². The van der Waals surface area contributed by atoms with E-state index in [9.17, 15) is 23.7 Å². The lowest BCUT2D eigenvalue weighted by molar-refractivity contribution is -0.385. The van der Waals surface area contributed by atoms with Gasteiger partial charge in [-0.3, -0.25) is 14.9 Å². The van der Waals surface area contributed by atoms with Crippen molar-refractivity contribution in [2.75, 3.05) is 5.33 Å². The van der Waals surface area contributed by atoms with Crippen LogP contribution in [0.25, 0.3) is 0 Å². The van der Waals surface area contributed by atoms with Crippen molar-refractivity contribution in [1.82, 2.24) is 0 Å². The van der Waals surface area contributed by atoms with Crippen molar-refractivity contribution in [2.24, 2.45) is 0 Å². The fourth-order valence-electron chi connectivity index (χ4n) is 0.998. The average molecular weight is 280 g/mol. The topological polar surface area (TPSA) is 60.2 Å². The van der Waals surface area contributed by atoms with Crippen molar-refractivity contribution in [2.45, 2.75) is 0 Å². The second kappa shape index (κ2) is 4.43. The molecule has 1 aromatic rings. The Labute approximate surface area is 91.2 Å². The van der Waals surface area contributed by atoms with Crippen LogP contribution in [-0.4, -0.2) is 16.0 Å². The second-order valence-electron chi connectivity index (χ2n) is 2.60. The predicted molar refractivity (Wildman–Crippen MR) is 51.1 cm³/mol. The molecule has 0 saturated heterocycles. The molecule has 4 nitrogen and oxygen atoms in total. The minimum Gasteiger partial charge on any atom is -0.293 e. The average Bonchev–Trinajstić information content (AvgIpc) is 2.16. The molecule has 0 radical (unpaired) electrons. The Bertz CT molecular complexity index is 413. The summed E-state index contributed by atoms with van der Waals surface area (Å²) in [5.74, 6) is -3.27. The highest BCUT2D eigenvalue weighted by atomic mass is 79.9. The second-order valence-corrected chi connectivity index (χ2v) is 3.16. The molecule has 0 unspecified atom stereocenters. The molecule has 80 valence electrons. The lowest BCUT2D eigenvalue weighted by Gasteiger charge is -2.01. The number of rotatable bonds is 3. The number of hydrogen-bond acceptors (Lipinski definition) is 3. The molecule has 0 saturated carbocycles. The molecule has 0 bridgehead atoms. The Morgan fingerprint density at radius 3 is 2.20 bits per heavy atom. The Balaban J connectivity index is 3.33. The first-order valence-corrected chi connectivity index (χ1v) is 4.82. The van der Waals surface area contributed by atoms with E-state index in [1.165, 1.54) is 0 Å². The highest BCUT2D eigenvalue weighted by molar-refractivity contribution is 9.09. The van der Waals surface area contributed by atoms with Crippen LogP contribution in [-0.2, 0) is 0 Å². The zero-order chi connectivity index (χ0) is 11.6. The molecule has 0 N–H and O–H groups in total. The molecule has 0 aliphatic carbocycles. The SMILES string of the molecule is O=C(CBr)c1c(F)cc([N+](=O)[O-])cc1F. The van der Waals surface area contributed by atoms with Gasteiger partial charge >= 0.3 is 0 Å². The van der Waals surface area contributed by atoms with E-state index in [0.29, 0.717) is 12.1 Å². The molecule has 0 aliphatic rings. The van der Waals surface area contributed by atoms with Crippen LogP contribution in [0.3, 0.4) is 0 Å². The van der Waals surface area contributed by atoms with Gasteiger partial charge in [0.05, 0.1) is 27.9 Å². The molecule has 0 fully saturated rings. The van der Waals surface area contributed by atoms with Crippen LogP contribution in [0.15, 0.2) is 12.1 Å². The summed E-state index contributed by atoms with van der Waals surface area (Å²) in [4.78, 5) is 20.3. The molecule has 1 rings (SSSR count). The number of carbonyl (C=O) groups is 1. The minimum atomic E-state index is -1.23. The van der Waals surface area contributed by atoms with E-state index < -0.39 is 33.6 Å². The lowest BCUT2D eigenvalue weighted by Crippen LogP contribution is -2.07. The number of Topliss-reactive ketones (excluding diaryl/α,β-unsaturated/α-hetero) is 1. The monoisotopic (exact) mass is 279 g/mol. The number of carbonyl (C=O) groups excluding carboxylic acids is 1. The van der Waals surface area contributed by atoms with Gasteiger partial charge in [0.15, 0.2) is 5.78 Å². The van der Waals surface area contributed by atoms with E-state index in [0.717, 1.165) is 0 Å². The quantitative estimate of drug-likeness (QED) is 0.370. The van der Waals surface area contributed by atoms with E-state index in [1.54, 1.807) is 0 Å². The first kappa shape index (κ1) is 11.7. The number of nitro benzene ring substituents is 1.